The zero-order valence-corrected chi connectivity index (χ0v) is 13.4. The summed E-state index contributed by atoms with van der Waals surface area (Å²) < 4.78 is 27.1. The van der Waals surface area contributed by atoms with Crippen LogP contribution >= 0.6 is 27.5 Å². The molecular formula is C15H11BrClF2NO. The van der Waals surface area contributed by atoms with E-state index in [1.165, 1.54) is 17.0 Å². The third-order valence-corrected chi connectivity index (χ3v) is 4.17. The number of benzene rings is 2. The van der Waals surface area contributed by atoms with Crippen molar-refractivity contribution in [3.8, 4) is 0 Å². The second-order valence-corrected chi connectivity index (χ2v) is 5.79. The van der Waals surface area contributed by atoms with Crippen LogP contribution in [-0.4, -0.2) is 17.9 Å². The summed E-state index contributed by atoms with van der Waals surface area (Å²) in [6, 6.07) is 8.10. The van der Waals surface area contributed by atoms with Crippen molar-refractivity contribution in [2.45, 2.75) is 6.54 Å². The Kier molecular flexibility index (Phi) is 4.96. The summed E-state index contributed by atoms with van der Waals surface area (Å²) in [6.45, 7) is 0.0403. The molecule has 0 N–H and O–H groups in total. The Morgan fingerprint density at radius 3 is 2.57 bits per heavy atom. The smallest absolute Gasteiger partial charge is 0.253 e. The number of amides is 1. The van der Waals surface area contributed by atoms with E-state index in [0.717, 1.165) is 12.1 Å². The SMILES string of the molecule is CN(Cc1ccc(F)cc1F)C(=O)c1ccc(Br)c(Cl)c1. The van der Waals surface area contributed by atoms with Gasteiger partial charge in [-0.3, -0.25) is 4.79 Å². The van der Waals surface area contributed by atoms with Gasteiger partial charge in [0.15, 0.2) is 0 Å². The van der Waals surface area contributed by atoms with Crippen LogP contribution in [0.25, 0.3) is 0 Å². The molecule has 0 aliphatic rings. The summed E-state index contributed by atoms with van der Waals surface area (Å²) in [7, 11) is 1.54. The average Bonchev–Trinajstić information content (AvgIpc) is 2.44. The molecule has 0 aliphatic carbocycles. The Hall–Kier alpha value is -1.46. The van der Waals surface area contributed by atoms with E-state index in [4.69, 9.17) is 11.6 Å². The first-order valence-electron chi connectivity index (χ1n) is 6.03. The molecule has 0 spiro atoms. The molecule has 0 aliphatic heterocycles. The van der Waals surface area contributed by atoms with Crippen molar-refractivity contribution in [2.75, 3.05) is 7.05 Å². The Bertz CT molecular complexity index is 693. The highest BCUT2D eigenvalue weighted by Crippen LogP contribution is 2.24. The average molecular weight is 375 g/mol. The quantitative estimate of drug-likeness (QED) is 0.765. The fourth-order valence-electron chi connectivity index (χ4n) is 1.83. The summed E-state index contributed by atoms with van der Waals surface area (Å²) in [5.74, 6) is -1.62. The lowest BCUT2D eigenvalue weighted by Crippen LogP contribution is -2.26. The first-order chi connectivity index (χ1) is 9.88. The number of carbonyl (C=O) groups excluding carboxylic acids is 1. The van der Waals surface area contributed by atoms with E-state index in [9.17, 15) is 13.6 Å². The van der Waals surface area contributed by atoms with Gasteiger partial charge in [0.25, 0.3) is 5.91 Å². The third-order valence-electron chi connectivity index (χ3n) is 2.94. The van der Waals surface area contributed by atoms with Crippen LogP contribution in [0.4, 0.5) is 8.78 Å². The summed E-state index contributed by atoms with van der Waals surface area (Å²) in [4.78, 5) is 13.6. The lowest BCUT2D eigenvalue weighted by atomic mass is 10.1. The molecule has 0 radical (unpaired) electrons. The maximum atomic E-state index is 13.6. The largest absolute Gasteiger partial charge is 0.337 e. The lowest BCUT2D eigenvalue weighted by Gasteiger charge is -2.18. The predicted octanol–water partition coefficient (Wildman–Crippen LogP) is 4.65. The third kappa shape index (κ3) is 3.80. The highest BCUT2D eigenvalue weighted by molar-refractivity contribution is 9.10. The minimum atomic E-state index is -0.677. The van der Waals surface area contributed by atoms with Gasteiger partial charge in [-0.1, -0.05) is 17.7 Å². The highest BCUT2D eigenvalue weighted by Gasteiger charge is 2.15. The molecule has 0 saturated heterocycles. The van der Waals surface area contributed by atoms with Gasteiger partial charge in [-0.2, -0.15) is 0 Å². The van der Waals surface area contributed by atoms with Crippen molar-refractivity contribution in [2.24, 2.45) is 0 Å². The molecule has 0 saturated carbocycles. The fraction of sp³-hybridized carbons (Fsp3) is 0.133. The molecule has 1 amide bonds. The van der Waals surface area contributed by atoms with Crippen molar-refractivity contribution >= 4 is 33.4 Å². The Balaban J connectivity index is 2.17. The van der Waals surface area contributed by atoms with Crippen LogP contribution < -0.4 is 0 Å². The van der Waals surface area contributed by atoms with Crippen molar-refractivity contribution in [1.82, 2.24) is 4.90 Å². The van der Waals surface area contributed by atoms with Gasteiger partial charge in [-0.05, 0) is 40.2 Å². The van der Waals surface area contributed by atoms with E-state index in [2.05, 4.69) is 15.9 Å². The minimum absolute atomic E-state index is 0.0403. The Morgan fingerprint density at radius 2 is 1.95 bits per heavy atom. The summed E-state index contributed by atoms with van der Waals surface area (Å²) in [5, 5.41) is 0.419. The Labute approximate surface area is 134 Å². The predicted molar refractivity (Wildman–Crippen MR) is 81.3 cm³/mol. The summed E-state index contributed by atoms with van der Waals surface area (Å²) in [6.07, 6.45) is 0. The zero-order valence-electron chi connectivity index (χ0n) is 11.0. The molecular weight excluding hydrogens is 364 g/mol. The molecule has 21 heavy (non-hydrogen) atoms. The van der Waals surface area contributed by atoms with Crippen molar-refractivity contribution < 1.29 is 13.6 Å². The van der Waals surface area contributed by atoms with E-state index in [1.54, 1.807) is 19.2 Å². The maximum Gasteiger partial charge on any atom is 0.253 e. The number of nitrogens with zero attached hydrogens (tertiary/aromatic N) is 1. The van der Waals surface area contributed by atoms with Crippen molar-refractivity contribution in [3.63, 3.8) is 0 Å². The molecule has 6 heteroatoms. The molecule has 0 aromatic heterocycles. The first-order valence-corrected chi connectivity index (χ1v) is 7.20. The number of hydrogen-bond donors (Lipinski definition) is 0. The van der Waals surface area contributed by atoms with Crippen LogP contribution in [0.5, 0.6) is 0 Å². The molecule has 0 bridgehead atoms. The Morgan fingerprint density at radius 1 is 1.24 bits per heavy atom. The summed E-state index contributed by atoms with van der Waals surface area (Å²) >= 11 is 9.19. The molecule has 2 aromatic rings. The van der Waals surface area contributed by atoms with Gasteiger partial charge in [0.2, 0.25) is 0 Å². The molecule has 110 valence electrons. The zero-order chi connectivity index (χ0) is 15.6. The van der Waals surface area contributed by atoms with E-state index < -0.39 is 11.6 Å². The van der Waals surface area contributed by atoms with Gasteiger partial charge in [-0.25, -0.2) is 8.78 Å². The van der Waals surface area contributed by atoms with Gasteiger partial charge in [0.1, 0.15) is 11.6 Å². The molecule has 0 unspecified atom stereocenters. The topological polar surface area (TPSA) is 20.3 Å². The molecule has 2 rings (SSSR count). The molecule has 2 aromatic carbocycles. The van der Waals surface area contributed by atoms with E-state index in [1.807, 2.05) is 0 Å². The highest BCUT2D eigenvalue weighted by atomic mass is 79.9. The number of hydrogen-bond acceptors (Lipinski definition) is 1. The van der Waals surface area contributed by atoms with Crippen LogP contribution in [0.3, 0.4) is 0 Å². The summed E-state index contributed by atoms with van der Waals surface area (Å²) in [5.41, 5.74) is 0.642. The monoisotopic (exact) mass is 373 g/mol. The van der Waals surface area contributed by atoms with Crippen molar-refractivity contribution in [3.05, 3.63) is 68.7 Å². The van der Waals surface area contributed by atoms with Crippen LogP contribution in [-0.2, 0) is 6.54 Å². The van der Waals surface area contributed by atoms with Gasteiger partial charge < -0.3 is 4.90 Å². The minimum Gasteiger partial charge on any atom is -0.337 e. The van der Waals surface area contributed by atoms with Crippen LogP contribution in [0, 0.1) is 11.6 Å². The van der Waals surface area contributed by atoms with E-state index in [0.29, 0.717) is 15.1 Å². The van der Waals surface area contributed by atoms with Crippen LogP contribution in [0.2, 0.25) is 5.02 Å². The number of halogens is 4. The standard InChI is InChI=1S/C15H11BrClF2NO/c1-20(8-10-2-4-11(18)7-14(10)19)15(21)9-3-5-12(16)13(17)6-9/h2-7H,8H2,1H3. The first kappa shape index (κ1) is 15.9. The maximum absolute atomic E-state index is 13.6. The fourth-order valence-corrected chi connectivity index (χ4v) is 2.25. The molecule has 0 fully saturated rings. The van der Waals surface area contributed by atoms with Crippen molar-refractivity contribution in [1.29, 1.82) is 0 Å². The lowest BCUT2D eigenvalue weighted by molar-refractivity contribution is 0.0784. The molecule has 2 nitrogen and oxygen atoms in total. The van der Waals surface area contributed by atoms with Gasteiger partial charge in [-0.15, -0.1) is 0 Å². The van der Waals surface area contributed by atoms with Gasteiger partial charge in [0.05, 0.1) is 5.02 Å². The van der Waals surface area contributed by atoms with Gasteiger partial charge in [0, 0.05) is 35.3 Å². The normalized spacial score (nSPS) is 10.5. The molecule has 0 heterocycles. The van der Waals surface area contributed by atoms with Crippen LogP contribution in [0.15, 0.2) is 40.9 Å². The second-order valence-electron chi connectivity index (χ2n) is 4.53. The van der Waals surface area contributed by atoms with E-state index >= 15 is 0 Å². The van der Waals surface area contributed by atoms with Gasteiger partial charge >= 0.3 is 0 Å². The van der Waals surface area contributed by atoms with E-state index in [-0.39, 0.29) is 18.0 Å². The second kappa shape index (κ2) is 6.54. The number of carbonyl (C=O) groups is 1. The molecule has 0 atom stereocenters. The number of rotatable bonds is 3. The van der Waals surface area contributed by atoms with Crippen LogP contribution in [0.1, 0.15) is 15.9 Å².